The lowest BCUT2D eigenvalue weighted by molar-refractivity contribution is -0.161. The predicted molar refractivity (Wildman–Crippen MR) is 269 cm³/mol. The molecule has 1 atom stereocenters. The molecule has 352 valence electrons. The number of carbonyl (C=O) groups excluding carboxylic acids is 2. The summed E-state index contributed by atoms with van der Waals surface area (Å²) in [5.41, 5.74) is 0. The number of allylic oxidation sites excluding steroid dienone is 18. The average Bonchev–Trinajstić information content (AvgIpc) is 3.28. The van der Waals surface area contributed by atoms with E-state index in [1.165, 1.54) is 103 Å². The Hall–Kier alpha value is -3.44. The number of hydrogen-bond acceptors (Lipinski definition) is 5. The summed E-state index contributed by atoms with van der Waals surface area (Å²) in [5.74, 6) is -0.661. The van der Waals surface area contributed by atoms with Crippen molar-refractivity contribution in [3.8, 4) is 0 Å². The number of ether oxygens (including phenoxy) is 2. The first-order valence-electron chi connectivity index (χ1n) is 25.4. The summed E-state index contributed by atoms with van der Waals surface area (Å²) in [7, 11) is 0. The highest BCUT2D eigenvalue weighted by Crippen LogP contribution is 2.15. The maximum atomic E-state index is 12.2. The number of esters is 2. The highest BCUT2D eigenvalue weighted by molar-refractivity contribution is 5.70. The summed E-state index contributed by atoms with van der Waals surface area (Å²) < 4.78 is 10.6. The summed E-state index contributed by atoms with van der Waals surface area (Å²) in [6.45, 7) is 3.87. The summed E-state index contributed by atoms with van der Waals surface area (Å²) in [5, 5.41) is 9.60. The van der Waals surface area contributed by atoms with E-state index in [0.29, 0.717) is 12.8 Å². The Bertz CT molecular complexity index is 1250. The van der Waals surface area contributed by atoms with Gasteiger partial charge in [0, 0.05) is 12.8 Å². The zero-order valence-corrected chi connectivity index (χ0v) is 40.1. The molecular weight excluding hydrogens is 765 g/mol. The van der Waals surface area contributed by atoms with Gasteiger partial charge in [-0.3, -0.25) is 9.59 Å². The number of carbonyl (C=O) groups is 2. The van der Waals surface area contributed by atoms with Crippen LogP contribution in [0.3, 0.4) is 0 Å². The smallest absolute Gasteiger partial charge is 0.306 e. The molecule has 0 aliphatic rings. The predicted octanol–water partition coefficient (Wildman–Crippen LogP) is 17.0. The number of unbranched alkanes of at least 4 members (excludes halogenated alkanes) is 19. The Morgan fingerprint density at radius 3 is 1.02 bits per heavy atom. The SMILES string of the molecule is CC/C=C\C/C=C\C/C=C\C/C=C\C/C=C\CCCC(=O)OC(CO)COC(=O)CCCCCCCCCCCCCCCCCCCC/C=C\C/C=C\C/C=C\C/C=C\CC. The highest BCUT2D eigenvalue weighted by Gasteiger charge is 2.16. The van der Waals surface area contributed by atoms with Crippen molar-refractivity contribution in [2.75, 3.05) is 13.2 Å². The van der Waals surface area contributed by atoms with Crippen molar-refractivity contribution in [1.29, 1.82) is 0 Å². The van der Waals surface area contributed by atoms with Gasteiger partial charge >= 0.3 is 11.9 Å². The highest BCUT2D eigenvalue weighted by atomic mass is 16.6. The van der Waals surface area contributed by atoms with Crippen LogP contribution < -0.4 is 0 Å². The molecule has 0 saturated heterocycles. The van der Waals surface area contributed by atoms with Gasteiger partial charge in [-0.05, 0) is 89.9 Å². The topological polar surface area (TPSA) is 72.8 Å². The first-order valence-corrected chi connectivity index (χ1v) is 25.4. The molecule has 1 unspecified atom stereocenters. The summed E-state index contributed by atoms with van der Waals surface area (Å²) in [6.07, 6.45) is 74.8. The molecule has 1 N–H and O–H groups in total. The van der Waals surface area contributed by atoms with Crippen LogP contribution in [-0.4, -0.2) is 36.4 Å². The molecule has 5 nitrogen and oxygen atoms in total. The van der Waals surface area contributed by atoms with Crippen molar-refractivity contribution in [2.45, 2.75) is 225 Å². The molecule has 0 heterocycles. The standard InChI is InChI=1S/C57H94O5/c1-3-5-7-9-11-13-15-17-19-21-22-23-24-25-26-27-28-29-30-31-32-33-34-36-37-39-41-43-45-47-49-51-56(59)61-54-55(53-58)62-57(60)52-50-48-46-44-42-40-38-35-20-18-16-14-12-10-8-6-4-2/h5-8,11-14,17-20,22-23,38,40,44,46,55,58H,3-4,9-10,15-16,21,24-37,39,41-43,45,47-54H2,1-2H3/b7-5-,8-6-,13-11-,14-12-,19-17-,20-18-,23-22-,40-38-,46-44-. The average molecular weight is 859 g/mol. The van der Waals surface area contributed by atoms with E-state index in [2.05, 4.69) is 123 Å². The Kier molecular flexibility index (Phi) is 49.0. The molecule has 0 saturated carbocycles. The number of aliphatic hydroxyl groups is 1. The van der Waals surface area contributed by atoms with Crippen molar-refractivity contribution in [2.24, 2.45) is 0 Å². The van der Waals surface area contributed by atoms with Crippen LogP contribution in [0.1, 0.15) is 219 Å². The minimum Gasteiger partial charge on any atom is -0.462 e. The molecule has 0 radical (unpaired) electrons. The minimum atomic E-state index is -0.807. The maximum Gasteiger partial charge on any atom is 0.306 e. The van der Waals surface area contributed by atoms with Gasteiger partial charge < -0.3 is 14.6 Å². The van der Waals surface area contributed by atoms with Gasteiger partial charge in [0.25, 0.3) is 0 Å². The molecular formula is C57H94O5. The third kappa shape index (κ3) is 49.2. The van der Waals surface area contributed by atoms with E-state index in [4.69, 9.17) is 9.47 Å². The zero-order valence-electron chi connectivity index (χ0n) is 40.1. The Morgan fingerprint density at radius 1 is 0.371 bits per heavy atom. The second kappa shape index (κ2) is 51.9. The van der Waals surface area contributed by atoms with Crippen LogP contribution in [0, 0.1) is 0 Å². The van der Waals surface area contributed by atoms with Gasteiger partial charge in [0.15, 0.2) is 6.10 Å². The van der Waals surface area contributed by atoms with Crippen LogP contribution in [0.15, 0.2) is 109 Å². The quantitative estimate of drug-likeness (QED) is 0.0375. The van der Waals surface area contributed by atoms with Crippen molar-refractivity contribution in [3.05, 3.63) is 109 Å². The van der Waals surface area contributed by atoms with Gasteiger partial charge in [-0.15, -0.1) is 0 Å². The largest absolute Gasteiger partial charge is 0.462 e. The van der Waals surface area contributed by atoms with Gasteiger partial charge in [-0.2, -0.15) is 0 Å². The first-order chi connectivity index (χ1) is 30.6. The molecule has 0 spiro atoms. The van der Waals surface area contributed by atoms with Crippen LogP contribution in [0.25, 0.3) is 0 Å². The fourth-order valence-corrected chi connectivity index (χ4v) is 6.82. The lowest BCUT2D eigenvalue weighted by Crippen LogP contribution is -2.28. The van der Waals surface area contributed by atoms with E-state index in [-0.39, 0.29) is 31.6 Å². The van der Waals surface area contributed by atoms with Gasteiger partial charge in [-0.1, -0.05) is 226 Å². The van der Waals surface area contributed by atoms with E-state index in [0.717, 1.165) is 83.5 Å². The third-order valence-electron chi connectivity index (χ3n) is 10.6. The van der Waals surface area contributed by atoms with Crippen LogP contribution >= 0.6 is 0 Å². The van der Waals surface area contributed by atoms with E-state index in [9.17, 15) is 14.7 Å². The number of rotatable bonds is 45. The molecule has 0 aliphatic carbocycles. The van der Waals surface area contributed by atoms with Gasteiger partial charge in [-0.25, -0.2) is 0 Å². The maximum absolute atomic E-state index is 12.2. The zero-order chi connectivity index (χ0) is 44.9. The molecule has 0 rings (SSSR count). The van der Waals surface area contributed by atoms with Crippen LogP contribution in [0.2, 0.25) is 0 Å². The Morgan fingerprint density at radius 2 is 0.661 bits per heavy atom. The minimum absolute atomic E-state index is 0.0928. The van der Waals surface area contributed by atoms with Crippen LogP contribution in [-0.2, 0) is 19.1 Å². The van der Waals surface area contributed by atoms with Crippen LogP contribution in [0.4, 0.5) is 0 Å². The molecule has 0 bridgehead atoms. The second-order valence-corrected chi connectivity index (χ2v) is 16.5. The van der Waals surface area contributed by atoms with Gasteiger partial charge in [0.2, 0.25) is 0 Å². The molecule has 0 aromatic rings. The van der Waals surface area contributed by atoms with E-state index in [1.54, 1.807) is 0 Å². The molecule has 0 amide bonds. The van der Waals surface area contributed by atoms with Gasteiger partial charge in [0.1, 0.15) is 6.61 Å². The molecule has 5 heteroatoms. The van der Waals surface area contributed by atoms with Crippen molar-refractivity contribution in [3.63, 3.8) is 0 Å². The Balaban J connectivity index is 3.53. The lowest BCUT2D eigenvalue weighted by Gasteiger charge is -2.15. The lowest BCUT2D eigenvalue weighted by atomic mass is 10.0. The van der Waals surface area contributed by atoms with Crippen molar-refractivity contribution < 1.29 is 24.2 Å². The fraction of sp³-hybridized carbons (Fsp3) is 0.649. The van der Waals surface area contributed by atoms with E-state index in [1.807, 2.05) is 0 Å². The summed E-state index contributed by atoms with van der Waals surface area (Å²) in [4.78, 5) is 24.4. The number of aliphatic hydroxyl groups excluding tert-OH is 1. The van der Waals surface area contributed by atoms with Gasteiger partial charge in [0.05, 0.1) is 6.61 Å². The molecule has 0 fully saturated rings. The summed E-state index contributed by atoms with van der Waals surface area (Å²) >= 11 is 0. The van der Waals surface area contributed by atoms with E-state index >= 15 is 0 Å². The first kappa shape index (κ1) is 58.6. The van der Waals surface area contributed by atoms with Crippen molar-refractivity contribution in [1.82, 2.24) is 0 Å². The normalized spacial score (nSPS) is 13.1. The fourth-order valence-electron chi connectivity index (χ4n) is 6.82. The van der Waals surface area contributed by atoms with E-state index < -0.39 is 6.10 Å². The number of hydrogen-bond donors (Lipinski definition) is 1. The monoisotopic (exact) mass is 859 g/mol. The molecule has 0 aromatic carbocycles. The Labute approximate surface area is 382 Å². The molecule has 0 aromatic heterocycles. The van der Waals surface area contributed by atoms with Crippen molar-refractivity contribution >= 4 is 11.9 Å². The molecule has 0 aliphatic heterocycles. The molecule has 62 heavy (non-hydrogen) atoms. The summed E-state index contributed by atoms with van der Waals surface area (Å²) in [6, 6.07) is 0. The second-order valence-electron chi connectivity index (χ2n) is 16.5. The van der Waals surface area contributed by atoms with Crippen LogP contribution in [0.5, 0.6) is 0 Å². The third-order valence-corrected chi connectivity index (χ3v) is 10.6.